The first-order chi connectivity index (χ1) is 58.7. The van der Waals surface area contributed by atoms with Crippen molar-refractivity contribution in [2.75, 3.05) is 19.6 Å². The van der Waals surface area contributed by atoms with Gasteiger partial charge in [0.25, 0.3) is 0 Å². The molecule has 0 aliphatic heterocycles. The second-order valence-corrected chi connectivity index (χ2v) is 41.0. The van der Waals surface area contributed by atoms with Gasteiger partial charge in [0, 0.05) is 139 Å². The molecule has 0 fully saturated rings. The summed E-state index contributed by atoms with van der Waals surface area (Å²) in [4.78, 5) is 9.53. The van der Waals surface area contributed by atoms with E-state index in [1.165, 1.54) is 83.1 Å². The largest absolute Gasteiger partial charge is 0.455 e. The van der Waals surface area contributed by atoms with Gasteiger partial charge in [0.2, 0.25) is 0 Å². The molecule has 121 heavy (non-hydrogen) atoms. The molecule has 4 aliphatic rings. The van der Waals surface area contributed by atoms with Gasteiger partial charge in [0.05, 0.1) is 25.1 Å². The number of anilines is 12. The number of hydrogen-bond donors (Lipinski definition) is 0. The fourth-order valence-corrected chi connectivity index (χ4v) is 21.4. The highest BCUT2D eigenvalue weighted by Gasteiger charge is 2.52. The van der Waals surface area contributed by atoms with E-state index in [4.69, 9.17) is 13.3 Å². The molecule has 0 bridgehead atoms. The summed E-state index contributed by atoms with van der Waals surface area (Å²) in [6.45, 7) is 26.2. The molecule has 0 amide bonds. The molecule has 8 heteroatoms. The molecule has 0 spiro atoms. The fourth-order valence-electron chi connectivity index (χ4n) is 20.2. The quantitative estimate of drug-likeness (QED) is 0.0948. The van der Waals surface area contributed by atoms with Gasteiger partial charge in [-0.2, -0.15) is 0 Å². The highest BCUT2D eigenvalue weighted by atomic mass is 28.3. The molecule has 0 unspecified atom stereocenters. The van der Waals surface area contributed by atoms with Gasteiger partial charge in [-0.25, -0.2) is 0 Å². The molecule has 7 nitrogen and oxygen atoms in total. The summed E-state index contributed by atoms with van der Waals surface area (Å²) in [6, 6.07) is 133. The van der Waals surface area contributed by atoms with Crippen LogP contribution < -0.4 is 24.8 Å². The Morgan fingerprint density at radius 3 is 0.876 bits per heavy atom. The zero-order valence-corrected chi connectivity index (χ0v) is 71.2. The van der Waals surface area contributed by atoms with E-state index in [1.54, 1.807) is 0 Å². The number of para-hydroxylation sites is 8. The molecule has 22 rings (SSSR count). The second-order valence-electron chi connectivity index (χ2n) is 35.9. The minimum Gasteiger partial charge on any atom is -0.455 e. The monoisotopic (exact) mass is 1580 g/mol. The number of rotatable bonds is 15. The number of benzene rings is 15. The number of hydrogen-bond acceptors (Lipinski definition) is 7. The van der Waals surface area contributed by atoms with Gasteiger partial charge >= 0.3 is 0 Å². The summed E-state index contributed by atoms with van der Waals surface area (Å²) in [5.41, 5.74) is 33.6. The Hall–Kier alpha value is -13.9. The van der Waals surface area contributed by atoms with Crippen LogP contribution in [0.2, 0.25) is 19.6 Å². The lowest BCUT2D eigenvalue weighted by Gasteiger charge is -2.31. The molecule has 18 aromatic rings. The van der Waals surface area contributed by atoms with Crippen LogP contribution in [0.3, 0.4) is 0 Å². The summed E-state index contributed by atoms with van der Waals surface area (Å²) in [6.07, 6.45) is 0. The van der Waals surface area contributed by atoms with Crippen LogP contribution in [0.5, 0.6) is 0 Å². The van der Waals surface area contributed by atoms with Gasteiger partial charge in [-0.1, -0.05) is 293 Å². The molecule has 3 heterocycles. The lowest BCUT2D eigenvalue weighted by molar-refractivity contribution is 0.592. The van der Waals surface area contributed by atoms with Crippen molar-refractivity contribution < 1.29 is 13.3 Å². The lowest BCUT2D eigenvalue weighted by atomic mass is 9.74. The van der Waals surface area contributed by atoms with Crippen LogP contribution in [0, 0.1) is 0 Å². The molecule has 588 valence electrons. The molecule has 0 saturated heterocycles. The van der Waals surface area contributed by atoms with E-state index in [1.807, 2.05) is 12.1 Å². The van der Waals surface area contributed by atoms with Crippen molar-refractivity contribution in [3.05, 3.63) is 415 Å². The maximum atomic E-state index is 7.16. The zero-order chi connectivity index (χ0) is 82.4. The summed E-state index contributed by atoms with van der Waals surface area (Å²) < 4.78 is 20.9. The molecule has 15 aromatic carbocycles. The maximum absolute atomic E-state index is 7.16. The average molecular weight is 1580 g/mol. The van der Waals surface area contributed by atoms with Crippen molar-refractivity contribution in [3.8, 4) is 67.5 Å². The minimum atomic E-state index is -1.44. The Labute approximate surface area is 710 Å². The van der Waals surface area contributed by atoms with E-state index >= 15 is 0 Å². The van der Waals surface area contributed by atoms with Gasteiger partial charge in [-0.05, 0) is 191 Å². The molecule has 0 radical (unpaired) electrons. The minimum absolute atomic E-state index is 0.283. The average Bonchev–Trinajstić information content (AvgIpc) is 1.52. The van der Waals surface area contributed by atoms with Crippen LogP contribution >= 0.6 is 0 Å². The first kappa shape index (κ1) is 74.6. The molecule has 3 aromatic heterocycles. The van der Waals surface area contributed by atoms with Gasteiger partial charge in [0.1, 0.15) is 28.6 Å². The predicted octanol–water partition coefficient (Wildman–Crippen LogP) is 31.4. The zero-order valence-electron chi connectivity index (χ0n) is 70.2. The number of fused-ring (bicyclic) bond motifs is 17. The molecule has 0 atom stereocenters. The Morgan fingerprint density at radius 2 is 0.504 bits per heavy atom. The maximum Gasteiger partial charge on any atom is 0.159 e. The van der Waals surface area contributed by atoms with Crippen molar-refractivity contribution in [1.29, 1.82) is 0 Å². The molecule has 0 saturated carbocycles. The van der Waals surface area contributed by atoms with E-state index in [0.29, 0.717) is 0 Å². The standard InChI is InChI=1S/C58H44N2O2.C55H50N2OSi/c1-57(2)47-35-40(59(38-21-10-6-11-22-38)49-28-16-14-25-42(49)37-19-8-5-9-20-37)31-33-45(47)55-52(57)53-56(62-55)46-34-32-41(36-48(46)58(53,3)4)60(39-23-12-7-13-24-39)50-29-18-27-44-43-26-15-17-30-51(43)61-54(44)50;1-54(2)47-35-41(56(38-21-13-9-14-22-38)40-27-31-43(32-28-40)59(5,6)7)29-33-45(47)52-50(54)51-53(58-52)46-34-30-42(36-48(46)55(51,3)4)57(39-23-15-10-16-24-39)49-26-18-17-25-44(49)37-19-11-8-12-20-37/h5-36H,1-4H3;8-36H,1-7H3. The SMILES string of the molecule is CC1(C)c2cc(N(c3ccccc3)c3ccc([Si](C)(C)C)cc3)ccc2-c2oc3c(c21)C(C)(C)c1cc(N(c2ccccc2)c2ccccc2-c2ccccc2)ccc1-3.CC1(C)c2cc(N(c3ccccc3)c3ccccc3-c3ccccc3)ccc2-c2oc3c(c21)C(C)(C)c1cc(N(c2ccccc2)c2cccc4c2oc2ccccc24)ccc1-3. The Balaban J connectivity index is 0.000000150. The summed E-state index contributed by atoms with van der Waals surface area (Å²) >= 11 is 0. The van der Waals surface area contributed by atoms with Crippen molar-refractivity contribution in [2.45, 2.75) is 96.7 Å². The van der Waals surface area contributed by atoms with Crippen LogP contribution in [-0.2, 0) is 21.7 Å². The first-order valence-electron chi connectivity index (χ1n) is 42.4. The molecular weight excluding hydrogens is 1490 g/mol. The predicted molar refractivity (Wildman–Crippen MR) is 508 cm³/mol. The summed E-state index contributed by atoms with van der Waals surface area (Å²) in [7, 11) is -1.44. The Kier molecular flexibility index (Phi) is 17.5. The summed E-state index contributed by atoms with van der Waals surface area (Å²) in [5, 5.41) is 3.68. The van der Waals surface area contributed by atoms with E-state index in [0.717, 1.165) is 124 Å². The van der Waals surface area contributed by atoms with E-state index in [2.05, 4.69) is 453 Å². The van der Waals surface area contributed by atoms with Crippen LogP contribution in [0.15, 0.2) is 383 Å². The first-order valence-corrected chi connectivity index (χ1v) is 45.9. The smallest absolute Gasteiger partial charge is 0.159 e. The third-order valence-corrected chi connectivity index (χ3v) is 28.2. The van der Waals surface area contributed by atoms with Crippen LogP contribution in [0.4, 0.5) is 68.2 Å². The van der Waals surface area contributed by atoms with Gasteiger partial charge in [-0.3, -0.25) is 0 Å². The summed E-state index contributed by atoms with van der Waals surface area (Å²) in [5.74, 6) is 3.99. The van der Waals surface area contributed by atoms with Crippen molar-refractivity contribution in [3.63, 3.8) is 0 Å². The van der Waals surface area contributed by atoms with Gasteiger partial charge < -0.3 is 32.9 Å². The van der Waals surface area contributed by atoms with Crippen molar-refractivity contribution in [1.82, 2.24) is 0 Å². The van der Waals surface area contributed by atoms with E-state index in [9.17, 15) is 0 Å². The third-order valence-electron chi connectivity index (χ3n) is 26.2. The van der Waals surface area contributed by atoms with Crippen LogP contribution in [0.25, 0.3) is 89.5 Å². The van der Waals surface area contributed by atoms with E-state index < -0.39 is 8.07 Å². The van der Waals surface area contributed by atoms with Crippen LogP contribution in [-0.4, -0.2) is 8.07 Å². The Morgan fingerprint density at radius 1 is 0.223 bits per heavy atom. The lowest BCUT2D eigenvalue weighted by Crippen LogP contribution is -2.37. The fraction of sp³-hybridized carbons (Fsp3) is 0.133. The molecular formula is C113H94N4O3Si. The number of nitrogens with zero attached hydrogens (tertiary/aromatic N) is 4. The number of furan rings is 3. The third kappa shape index (κ3) is 12.0. The normalized spacial score (nSPS) is 14.2. The topological polar surface area (TPSA) is 52.4 Å². The molecule has 4 aliphatic carbocycles. The van der Waals surface area contributed by atoms with Crippen molar-refractivity contribution >= 4 is 103 Å². The highest BCUT2D eigenvalue weighted by Crippen LogP contribution is 2.65. The van der Waals surface area contributed by atoms with Crippen LogP contribution in [0.1, 0.15) is 99.9 Å². The van der Waals surface area contributed by atoms with Crippen molar-refractivity contribution in [2.24, 2.45) is 0 Å². The Bertz CT molecular complexity index is 7050. The second kappa shape index (κ2) is 28.4. The van der Waals surface area contributed by atoms with Gasteiger partial charge in [0.15, 0.2) is 5.58 Å². The highest BCUT2D eigenvalue weighted by molar-refractivity contribution is 6.88. The van der Waals surface area contributed by atoms with Gasteiger partial charge in [-0.15, -0.1) is 0 Å². The van der Waals surface area contributed by atoms with E-state index in [-0.39, 0.29) is 21.7 Å². The molecule has 0 N–H and O–H groups in total.